The molecule has 3 aromatic rings. The van der Waals surface area contributed by atoms with Crippen molar-refractivity contribution in [3.8, 4) is 5.88 Å². The van der Waals surface area contributed by atoms with Gasteiger partial charge in [-0.1, -0.05) is 41.9 Å². The lowest BCUT2D eigenvalue weighted by molar-refractivity contribution is 0.0602. The molecule has 0 aliphatic rings. The Labute approximate surface area is 153 Å². The second kappa shape index (κ2) is 7.40. The number of benzene rings is 1. The number of hydrogen-bond donors (Lipinski definition) is 0. The largest absolute Gasteiger partial charge is 0.471 e. The minimum absolute atomic E-state index is 0.0872. The molecule has 3 rings (SSSR count). The molecule has 0 spiro atoms. The van der Waals surface area contributed by atoms with Crippen LogP contribution in [0.4, 0.5) is 4.79 Å². The van der Waals surface area contributed by atoms with E-state index in [1.54, 1.807) is 0 Å². The molecular formula is C17H14ClN3O5. The highest BCUT2D eigenvalue weighted by Gasteiger charge is 2.26. The van der Waals surface area contributed by atoms with Crippen molar-refractivity contribution in [3.63, 3.8) is 0 Å². The topological polar surface area (TPSA) is 92.5 Å². The molecule has 0 atom stereocenters. The number of carbonyl (C=O) groups excluding carboxylic acids is 2. The van der Waals surface area contributed by atoms with Gasteiger partial charge in [0.25, 0.3) is 0 Å². The van der Waals surface area contributed by atoms with E-state index in [-0.39, 0.29) is 34.2 Å². The molecule has 0 saturated heterocycles. The number of carbonyl (C=O) groups is 2. The molecule has 0 aliphatic heterocycles. The van der Waals surface area contributed by atoms with Gasteiger partial charge in [-0.15, -0.1) is 0 Å². The standard InChI is InChI=1S/C17H14ClN3O5/c1-24-16(22)11-13-12(19-9-21(13)17(23)25-2)15(20-14(11)18)26-8-10-6-4-3-5-7-10/h3-7,9H,8H2,1-2H3. The van der Waals surface area contributed by atoms with Crippen LogP contribution in [-0.2, 0) is 16.1 Å². The van der Waals surface area contributed by atoms with Gasteiger partial charge in [0.2, 0.25) is 5.88 Å². The zero-order valence-electron chi connectivity index (χ0n) is 13.9. The summed E-state index contributed by atoms with van der Waals surface area (Å²) in [5.74, 6) is -0.670. The maximum atomic E-state index is 12.1. The van der Waals surface area contributed by atoms with Gasteiger partial charge in [0.05, 0.1) is 14.2 Å². The Balaban J connectivity index is 2.12. The number of ether oxygens (including phenoxy) is 3. The van der Waals surface area contributed by atoms with Gasteiger partial charge in [0, 0.05) is 0 Å². The van der Waals surface area contributed by atoms with Crippen molar-refractivity contribution >= 4 is 34.7 Å². The van der Waals surface area contributed by atoms with Crippen molar-refractivity contribution in [2.24, 2.45) is 0 Å². The first-order chi connectivity index (χ1) is 12.6. The fourth-order valence-corrected chi connectivity index (χ4v) is 2.63. The average Bonchev–Trinajstić information content (AvgIpc) is 3.10. The van der Waals surface area contributed by atoms with Gasteiger partial charge in [-0.2, -0.15) is 4.98 Å². The summed E-state index contributed by atoms with van der Waals surface area (Å²) in [6.45, 7) is 0.210. The van der Waals surface area contributed by atoms with Crippen molar-refractivity contribution in [1.82, 2.24) is 14.5 Å². The molecule has 2 aromatic heterocycles. The molecule has 8 nitrogen and oxygen atoms in total. The minimum atomic E-state index is -0.757. The Hall–Kier alpha value is -3.13. The van der Waals surface area contributed by atoms with Crippen LogP contribution in [0.15, 0.2) is 36.7 Å². The zero-order valence-corrected chi connectivity index (χ0v) is 14.7. The fraction of sp³-hybridized carbons (Fsp3) is 0.176. The van der Waals surface area contributed by atoms with E-state index in [1.807, 2.05) is 30.3 Å². The van der Waals surface area contributed by atoms with Crippen LogP contribution in [0.2, 0.25) is 5.15 Å². The molecule has 26 heavy (non-hydrogen) atoms. The number of methoxy groups -OCH3 is 2. The van der Waals surface area contributed by atoms with Crippen molar-refractivity contribution in [2.75, 3.05) is 14.2 Å². The number of aromatic nitrogens is 3. The third kappa shape index (κ3) is 3.18. The molecule has 1 aromatic carbocycles. The van der Waals surface area contributed by atoms with Crippen molar-refractivity contribution in [2.45, 2.75) is 6.61 Å². The Kier molecular flexibility index (Phi) is 5.04. The molecular weight excluding hydrogens is 362 g/mol. The molecule has 0 bridgehead atoms. The molecule has 134 valence electrons. The van der Waals surface area contributed by atoms with E-state index in [0.29, 0.717) is 0 Å². The first-order valence-electron chi connectivity index (χ1n) is 7.46. The van der Waals surface area contributed by atoms with Crippen molar-refractivity contribution < 1.29 is 23.8 Å². The van der Waals surface area contributed by atoms with Gasteiger partial charge < -0.3 is 14.2 Å². The highest BCUT2D eigenvalue weighted by Crippen LogP contribution is 2.31. The van der Waals surface area contributed by atoms with Crippen LogP contribution < -0.4 is 4.74 Å². The Morgan fingerprint density at radius 2 is 1.88 bits per heavy atom. The normalized spacial score (nSPS) is 10.6. The molecule has 0 N–H and O–H groups in total. The minimum Gasteiger partial charge on any atom is -0.471 e. The van der Waals surface area contributed by atoms with Crippen LogP contribution in [0.3, 0.4) is 0 Å². The van der Waals surface area contributed by atoms with Crippen molar-refractivity contribution in [1.29, 1.82) is 0 Å². The van der Waals surface area contributed by atoms with Gasteiger partial charge in [0.1, 0.15) is 29.2 Å². The van der Waals surface area contributed by atoms with E-state index < -0.39 is 12.1 Å². The van der Waals surface area contributed by atoms with E-state index in [4.69, 9.17) is 25.8 Å². The van der Waals surface area contributed by atoms with Gasteiger partial charge in [-0.25, -0.2) is 19.1 Å². The molecule has 0 fully saturated rings. The second-order valence-corrected chi connectivity index (χ2v) is 5.49. The maximum absolute atomic E-state index is 12.1. The lowest BCUT2D eigenvalue weighted by atomic mass is 10.2. The summed E-state index contributed by atoms with van der Waals surface area (Å²) in [6, 6.07) is 9.41. The maximum Gasteiger partial charge on any atom is 0.419 e. The Morgan fingerprint density at radius 1 is 1.15 bits per heavy atom. The second-order valence-electron chi connectivity index (χ2n) is 5.13. The molecule has 0 amide bonds. The van der Waals surface area contributed by atoms with Crippen LogP contribution in [-0.4, -0.2) is 40.8 Å². The van der Waals surface area contributed by atoms with Crippen LogP contribution in [0, 0.1) is 0 Å². The number of pyridine rings is 1. The smallest absolute Gasteiger partial charge is 0.419 e. The third-order valence-corrected chi connectivity index (χ3v) is 3.87. The predicted molar refractivity (Wildman–Crippen MR) is 92.5 cm³/mol. The summed E-state index contributed by atoms with van der Waals surface area (Å²) >= 11 is 6.16. The summed E-state index contributed by atoms with van der Waals surface area (Å²) < 4.78 is 16.2. The number of esters is 1. The Bertz CT molecular complexity index is 971. The number of hydrogen-bond acceptors (Lipinski definition) is 7. The number of nitrogens with zero attached hydrogens (tertiary/aromatic N) is 3. The van der Waals surface area contributed by atoms with E-state index in [9.17, 15) is 9.59 Å². The van der Waals surface area contributed by atoms with Gasteiger partial charge in [-0.05, 0) is 5.56 Å². The summed E-state index contributed by atoms with van der Waals surface area (Å²) in [5, 5.41) is -0.168. The molecule has 0 radical (unpaired) electrons. The van der Waals surface area contributed by atoms with E-state index >= 15 is 0 Å². The van der Waals surface area contributed by atoms with Crippen LogP contribution in [0.25, 0.3) is 11.0 Å². The predicted octanol–water partition coefficient (Wildman–Crippen LogP) is 3.06. The quantitative estimate of drug-likeness (QED) is 0.511. The zero-order chi connectivity index (χ0) is 18.7. The summed E-state index contributed by atoms with van der Waals surface area (Å²) in [4.78, 5) is 32.3. The lowest BCUT2D eigenvalue weighted by Gasteiger charge is -2.11. The van der Waals surface area contributed by atoms with Crippen molar-refractivity contribution in [3.05, 3.63) is 52.9 Å². The van der Waals surface area contributed by atoms with Gasteiger partial charge >= 0.3 is 12.1 Å². The SMILES string of the molecule is COC(=O)c1c(Cl)nc(OCc2ccccc2)c2ncn(C(=O)OC)c12. The Morgan fingerprint density at radius 3 is 2.54 bits per heavy atom. The van der Waals surface area contributed by atoms with Gasteiger partial charge in [-0.3, -0.25) is 0 Å². The first-order valence-corrected chi connectivity index (χ1v) is 7.84. The number of imidazole rings is 1. The van der Waals surface area contributed by atoms with E-state index in [1.165, 1.54) is 20.5 Å². The summed E-state index contributed by atoms with van der Waals surface area (Å²) in [5.41, 5.74) is 1.10. The fourth-order valence-electron chi connectivity index (χ4n) is 2.39. The molecule has 0 aliphatic carbocycles. The first kappa shape index (κ1) is 17.7. The van der Waals surface area contributed by atoms with E-state index in [0.717, 1.165) is 10.1 Å². The summed E-state index contributed by atoms with van der Waals surface area (Å²) in [6.07, 6.45) is 0.463. The molecule has 0 saturated carbocycles. The third-order valence-electron chi connectivity index (χ3n) is 3.59. The number of rotatable bonds is 4. The molecule has 0 unspecified atom stereocenters. The van der Waals surface area contributed by atoms with Crippen LogP contribution in [0.1, 0.15) is 15.9 Å². The van der Waals surface area contributed by atoms with Crippen LogP contribution >= 0.6 is 11.6 Å². The number of halogens is 1. The van der Waals surface area contributed by atoms with E-state index in [2.05, 4.69) is 9.97 Å². The van der Waals surface area contributed by atoms with Crippen LogP contribution in [0.5, 0.6) is 5.88 Å². The monoisotopic (exact) mass is 375 g/mol. The van der Waals surface area contributed by atoms with Gasteiger partial charge in [0.15, 0.2) is 5.52 Å². The lowest BCUT2D eigenvalue weighted by Crippen LogP contribution is -2.14. The average molecular weight is 376 g/mol. The number of fused-ring (bicyclic) bond motifs is 1. The summed E-state index contributed by atoms with van der Waals surface area (Å²) in [7, 11) is 2.41. The molecule has 9 heteroatoms. The highest BCUT2D eigenvalue weighted by molar-refractivity contribution is 6.34. The molecule has 2 heterocycles. The highest BCUT2D eigenvalue weighted by atomic mass is 35.5.